The number of hydrogen-bond donors (Lipinski definition) is 2. The number of carbonyl (C=O) groups excluding carboxylic acids is 1. The summed E-state index contributed by atoms with van der Waals surface area (Å²) in [6.07, 6.45) is 3.98. The summed E-state index contributed by atoms with van der Waals surface area (Å²) in [5.41, 5.74) is 2.73. The molecule has 1 fully saturated rings. The van der Waals surface area contributed by atoms with Crippen LogP contribution < -0.4 is 10.0 Å². The lowest BCUT2D eigenvalue weighted by Gasteiger charge is -2.29. The van der Waals surface area contributed by atoms with E-state index in [0.717, 1.165) is 16.8 Å². The summed E-state index contributed by atoms with van der Waals surface area (Å²) >= 11 is 0. The van der Waals surface area contributed by atoms with E-state index in [1.165, 1.54) is 6.20 Å². The summed E-state index contributed by atoms with van der Waals surface area (Å²) in [6.45, 7) is 1.98. The molecule has 0 saturated heterocycles. The molecule has 1 amide bonds. The Morgan fingerprint density at radius 3 is 2.15 bits per heavy atom. The zero-order valence-electron chi connectivity index (χ0n) is 18.6. The maximum atomic E-state index is 12.8. The van der Waals surface area contributed by atoms with Gasteiger partial charge >= 0.3 is 0 Å². The van der Waals surface area contributed by atoms with Crippen LogP contribution in [0.25, 0.3) is 11.3 Å². The topological polar surface area (TPSA) is 88.2 Å². The Bertz CT molecular complexity index is 1160. The molecule has 172 valence electrons. The summed E-state index contributed by atoms with van der Waals surface area (Å²) in [5, 5.41) is 3.09. The van der Waals surface area contributed by atoms with Crippen LogP contribution in [0.5, 0.6) is 0 Å². The fourth-order valence-electron chi connectivity index (χ4n) is 4.24. The maximum absolute atomic E-state index is 12.8. The number of hydrogen-bond acceptors (Lipinski definition) is 4. The summed E-state index contributed by atoms with van der Waals surface area (Å²) in [7, 11) is -3.66. The van der Waals surface area contributed by atoms with Gasteiger partial charge in [-0.25, -0.2) is 13.1 Å². The maximum Gasteiger partial charge on any atom is 0.242 e. The number of rotatable bonds is 7. The number of nitrogens with one attached hydrogen (secondary N) is 2. The van der Waals surface area contributed by atoms with Gasteiger partial charge in [0.2, 0.25) is 15.9 Å². The van der Waals surface area contributed by atoms with Crippen molar-refractivity contribution in [3.8, 4) is 11.3 Å². The minimum Gasteiger partial charge on any atom is -0.349 e. The second-order valence-electron chi connectivity index (χ2n) is 8.56. The molecule has 1 aliphatic carbocycles. The van der Waals surface area contributed by atoms with Crippen molar-refractivity contribution in [3.05, 3.63) is 84.6 Å². The van der Waals surface area contributed by atoms with Gasteiger partial charge < -0.3 is 5.32 Å². The lowest BCUT2D eigenvalue weighted by Crippen LogP contribution is -2.41. The van der Waals surface area contributed by atoms with E-state index in [0.29, 0.717) is 25.7 Å². The number of benzene rings is 2. The Kier molecular flexibility index (Phi) is 7.20. The normalized spacial score (nSPS) is 19.5. The zero-order chi connectivity index (χ0) is 23.3. The first-order valence-corrected chi connectivity index (χ1v) is 12.8. The van der Waals surface area contributed by atoms with Crippen LogP contribution in [-0.2, 0) is 14.8 Å². The van der Waals surface area contributed by atoms with Crippen LogP contribution in [0.3, 0.4) is 0 Å². The van der Waals surface area contributed by atoms with Crippen LogP contribution in [0.15, 0.2) is 83.9 Å². The van der Waals surface area contributed by atoms with Gasteiger partial charge in [-0.05, 0) is 50.3 Å². The second kappa shape index (κ2) is 10.3. The predicted octanol–water partition coefficient (Wildman–Crippen LogP) is 4.46. The molecule has 0 bridgehead atoms. The van der Waals surface area contributed by atoms with E-state index in [4.69, 9.17) is 0 Å². The molecule has 1 heterocycles. The van der Waals surface area contributed by atoms with Gasteiger partial charge in [-0.3, -0.25) is 9.78 Å². The molecule has 2 aromatic carbocycles. The molecule has 1 atom stereocenters. The summed E-state index contributed by atoms with van der Waals surface area (Å²) in [4.78, 5) is 17.2. The number of aromatic nitrogens is 1. The van der Waals surface area contributed by atoms with E-state index in [2.05, 4.69) is 15.0 Å². The van der Waals surface area contributed by atoms with E-state index in [-0.39, 0.29) is 28.8 Å². The minimum absolute atomic E-state index is 0.0355. The highest BCUT2D eigenvalue weighted by Crippen LogP contribution is 2.27. The Labute approximate surface area is 195 Å². The van der Waals surface area contributed by atoms with Gasteiger partial charge in [-0.2, -0.15) is 0 Å². The molecule has 1 aromatic heterocycles. The first kappa shape index (κ1) is 23.1. The molecule has 33 heavy (non-hydrogen) atoms. The largest absolute Gasteiger partial charge is 0.349 e. The van der Waals surface area contributed by atoms with Crippen molar-refractivity contribution in [3.63, 3.8) is 0 Å². The molecule has 2 N–H and O–H groups in total. The Balaban J connectivity index is 1.30. The molecular weight excluding hydrogens is 434 g/mol. The van der Waals surface area contributed by atoms with Crippen molar-refractivity contribution >= 4 is 15.9 Å². The standard InChI is InChI=1S/C26H29N3O3S/c1-19(20-8-4-2-5-9-20)28-26(30)22-12-14-23(15-13-22)29-33(31,32)24-16-17-25(27-18-24)21-10-6-3-7-11-21/h2-11,16-19,22-23,29H,12-15H2,1H3,(H,28,30)/t19-,22?,23?/m1/s1. The van der Waals surface area contributed by atoms with Crippen LogP contribution in [0, 0.1) is 5.92 Å². The molecule has 7 heteroatoms. The molecule has 6 nitrogen and oxygen atoms in total. The number of amides is 1. The van der Waals surface area contributed by atoms with Crippen LogP contribution in [0.4, 0.5) is 0 Å². The van der Waals surface area contributed by atoms with Gasteiger partial charge in [0.1, 0.15) is 4.90 Å². The van der Waals surface area contributed by atoms with Crippen molar-refractivity contribution in [2.24, 2.45) is 5.92 Å². The van der Waals surface area contributed by atoms with Gasteiger partial charge in [-0.15, -0.1) is 0 Å². The van der Waals surface area contributed by atoms with Crippen molar-refractivity contribution in [2.45, 2.75) is 49.6 Å². The first-order chi connectivity index (χ1) is 15.9. The smallest absolute Gasteiger partial charge is 0.242 e. The Morgan fingerprint density at radius 1 is 0.909 bits per heavy atom. The van der Waals surface area contributed by atoms with Crippen LogP contribution in [0.2, 0.25) is 0 Å². The third-order valence-electron chi connectivity index (χ3n) is 6.19. The number of nitrogens with zero attached hydrogens (tertiary/aromatic N) is 1. The van der Waals surface area contributed by atoms with Gasteiger partial charge in [-0.1, -0.05) is 60.7 Å². The molecular formula is C26H29N3O3S. The average molecular weight is 464 g/mol. The third kappa shape index (κ3) is 5.86. The van der Waals surface area contributed by atoms with Crippen molar-refractivity contribution in [1.29, 1.82) is 0 Å². The SMILES string of the molecule is C[C@@H](NC(=O)C1CCC(NS(=O)(=O)c2ccc(-c3ccccc3)nc2)CC1)c1ccccc1. The van der Waals surface area contributed by atoms with Crippen LogP contribution in [0.1, 0.15) is 44.2 Å². The number of carbonyl (C=O) groups is 1. The second-order valence-corrected chi connectivity index (χ2v) is 10.3. The molecule has 3 aromatic rings. The van der Waals surface area contributed by atoms with Gasteiger partial charge in [0.05, 0.1) is 11.7 Å². The van der Waals surface area contributed by atoms with Gasteiger partial charge in [0, 0.05) is 23.7 Å². The van der Waals surface area contributed by atoms with E-state index >= 15 is 0 Å². The van der Waals surface area contributed by atoms with Crippen LogP contribution in [-0.4, -0.2) is 25.4 Å². The Hall–Kier alpha value is -3.03. The minimum atomic E-state index is -3.66. The quantitative estimate of drug-likeness (QED) is 0.541. The molecule has 0 radical (unpaired) electrons. The highest BCUT2D eigenvalue weighted by atomic mass is 32.2. The zero-order valence-corrected chi connectivity index (χ0v) is 19.5. The summed E-state index contributed by atoms with van der Waals surface area (Å²) in [6, 6.07) is 22.6. The molecule has 1 saturated carbocycles. The molecule has 0 spiro atoms. The number of sulfonamides is 1. The van der Waals surface area contributed by atoms with E-state index < -0.39 is 10.0 Å². The fourth-order valence-corrected chi connectivity index (χ4v) is 5.49. The molecule has 0 unspecified atom stereocenters. The lowest BCUT2D eigenvalue weighted by molar-refractivity contribution is -0.126. The molecule has 1 aliphatic rings. The van der Waals surface area contributed by atoms with Gasteiger partial charge in [0.15, 0.2) is 0 Å². The Morgan fingerprint density at radius 2 is 1.55 bits per heavy atom. The molecule has 4 rings (SSSR count). The van der Waals surface area contributed by atoms with E-state index in [9.17, 15) is 13.2 Å². The van der Waals surface area contributed by atoms with E-state index in [1.807, 2.05) is 67.6 Å². The van der Waals surface area contributed by atoms with Crippen molar-refractivity contribution in [2.75, 3.05) is 0 Å². The average Bonchev–Trinajstić information content (AvgIpc) is 2.85. The monoisotopic (exact) mass is 463 g/mol. The van der Waals surface area contributed by atoms with Gasteiger partial charge in [0.25, 0.3) is 0 Å². The first-order valence-electron chi connectivity index (χ1n) is 11.3. The summed E-state index contributed by atoms with van der Waals surface area (Å²) < 4.78 is 28.5. The number of pyridine rings is 1. The summed E-state index contributed by atoms with van der Waals surface area (Å²) in [5.74, 6) is -0.0582. The highest BCUT2D eigenvalue weighted by Gasteiger charge is 2.29. The van der Waals surface area contributed by atoms with Crippen molar-refractivity contribution < 1.29 is 13.2 Å². The van der Waals surface area contributed by atoms with Crippen LogP contribution >= 0.6 is 0 Å². The third-order valence-corrected chi connectivity index (χ3v) is 7.70. The highest BCUT2D eigenvalue weighted by molar-refractivity contribution is 7.89. The lowest BCUT2D eigenvalue weighted by atomic mass is 9.85. The molecule has 0 aliphatic heterocycles. The van der Waals surface area contributed by atoms with E-state index in [1.54, 1.807) is 12.1 Å². The van der Waals surface area contributed by atoms with Crippen molar-refractivity contribution in [1.82, 2.24) is 15.0 Å². The fraction of sp³-hybridized carbons (Fsp3) is 0.308. The predicted molar refractivity (Wildman–Crippen MR) is 129 cm³/mol.